The molecule has 4 nitrogen and oxygen atoms in total. The van der Waals surface area contributed by atoms with E-state index in [4.69, 9.17) is 16.3 Å². The average Bonchev–Trinajstić information content (AvgIpc) is 3.11. The number of carbonyl (C=O) groups is 1. The Morgan fingerprint density at radius 3 is 2.69 bits per heavy atom. The first-order valence-corrected chi connectivity index (χ1v) is 9.68. The highest BCUT2D eigenvalue weighted by molar-refractivity contribution is 7.14. The van der Waals surface area contributed by atoms with E-state index < -0.39 is 0 Å². The molecule has 0 spiro atoms. The van der Waals surface area contributed by atoms with Crippen molar-refractivity contribution in [3.05, 3.63) is 64.5 Å². The number of aromatic nitrogens is 1. The summed E-state index contributed by atoms with van der Waals surface area (Å²) in [5.74, 6) is 0.584. The van der Waals surface area contributed by atoms with Crippen LogP contribution >= 0.6 is 22.9 Å². The first-order chi connectivity index (χ1) is 12.7. The molecule has 2 aromatic carbocycles. The molecule has 1 N–H and O–H groups in total. The highest BCUT2D eigenvalue weighted by Gasteiger charge is 2.12. The van der Waals surface area contributed by atoms with Crippen LogP contribution in [-0.4, -0.2) is 17.5 Å². The molecule has 0 radical (unpaired) electrons. The van der Waals surface area contributed by atoms with Gasteiger partial charge in [0, 0.05) is 10.9 Å². The fourth-order valence-electron chi connectivity index (χ4n) is 2.33. The van der Waals surface area contributed by atoms with Crippen molar-refractivity contribution in [2.24, 2.45) is 0 Å². The quantitative estimate of drug-likeness (QED) is 0.514. The number of halogens is 1. The van der Waals surface area contributed by atoms with Crippen molar-refractivity contribution in [3.8, 4) is 17.0 Å². The minimum atomic E-state index is -0.267. The largest absolute Gasteiger partial charge is 0.494 e. The lowest BCUT2D eigenvalue weighted by Crippen LogP contribution is -2.12. The van der Waals surface area contributed by atoms with E-state index in [1.54, 1.807) is 24.3 Å². The lowest BCUT2D eigenvalue weighted by Gasteiger charge is -2.05. The van der Waals surface area contributed by atoms with Gasteiger partial charge in [-0.2, -0.15) is 0 Å². The predicted octanol–water partition coefficient (Wildman–Crippen LogP) is 5.89. The molecule has 0 aliphatic rings. The molecule has 0 saturated carbocycles. The average molecular weight is 387 g/mol. The molecule has 1 heterocycles. The Bertz CT molecular complexity index is 878. The standard InChI is InChI=1S/C20H19ClN2O2S/c1-2-3-12-25-15-10-8-14(9-11-15)18-13-26-20(22-18)23-19(24)16-6-4-5-7-17(16)21/h4-11,13H,2-3,12H2,1H3,(H,22,23,24). The summed E-state index contributed by atoms with van der Waals surface area (Å²) in [5.41, 5.74) is 2.21. The third kappa shape index (κ3) is 4.62. The highest BCUT2D eigenvalue weighted by atomic mass is 35.5. The maximum atomic E-state index is 12.3. The molecule has 1 aromatic heterocycles. The van der Waals surface area contributed by atoms with Crippen LogP contribution < -0.4 is 10.1 Å². The predicted molar refractivity (Wildman–Crippen MR) is 107 cm³/mol. The summed E-state index contributed by atoms with van der Waals surface area (Å²) in [6, 6.07) is 14.7. The Labute approximate surface area is 161 Å². The Balaban J connectivity index is 1.66. The van der Waals surface area contributed by atoms with Crippen molar-refractivity contribution in [2.75, 3.05) is 11.9 Å². The minimum Gasteiger partial charge on any atom is -0.494 e. The molecule has 0 aliphatic heterocycles. The Morgan fingerprint density at radius 2 is 1.96 bits per heavy atom. The van der Waals surface area contributed by atoms with E-state index in [9.17, 15) is 4.79 Å². The molecule has 0 unspecified atom stereocenters. The number of carbonyl (C=O) groups excluding carboxylic acids is 1. The SMILES string of the molecule is CCCCOc1ccc(-c2csc(NC(=O)c3ccccc3Cl)n2)cc1. The first kappa shape index (κ1) is 18.4. The Kier molecular flexibility index (Phi) is 6.26. The zero-order chi connectivity index (χ0) is 18.4. The maximum absolute atomic E-state index is 12.3. The maximum Gasteiger partial charge on any atom is 0.258 e. The Hall–Kier alpha value is -2.37. The van der Waals surface area contributed by atoms with E-state index in [1.807, 2.05) is 29.6 Å². The van der Waals surface area contributed by atoms with E-state index in [2.05, 4.69) is 17.2 Å². The molecule has 0 bridgehead atoms. The number of hydrogen-bond donors (Lipinski definition) is 1. The molecule has 0 atom stereocenters. The summed E-state index contributed by atoms with van der Waals surface area (Å²) < 4.78 is 5.67. The molecular formula is C20H19ClN2O2S. The van der Waals surface area contributed by atoms with E-state index >= 15 is 0 Å². The van der Waals surface area contributed by atoms with Crippen LogP contribution in [0.3, 0.4) is 0 Å². The third-order valence-corrected chi connectivity index (χ3v) is 4.85. The zero-order valence-corrected chi connectivity index (χ0v) is 15.9. The van der Waals surface area contributed by atoms with Crippen LogP contribution in [0, 0.1) is 0 Å². The van der Waals surface area contributed by atoms with E-state index in [1.165, 1.54) is 11.3 Å². The second kappa shape index (κ2) is 8.83. The summed E-state index contributed by atoms with van der Waals surface area (Å²) in [5, 5.41) is 5.66. The fourth-order valence-corrected chi connectivity index (χ4v) is 3.27. The zero-order valence-electron chi connectivity index (χ0n) is 14.4. The van der Waals surface area contributed by atoms with Gasteiger partial charge in [0.25, 0.3) is 5.91 Å². The number of unbranched alkanes of at least 4 members (excludes halogenated alkanes) is 1. The lowest BCUT2D eigenvalue weighted by atomic mass is 10.2. The number of hydrogen-bond acceptors (Lipinski definition) is 4. The number of ether oxygens (including phenoxy) is 1. The molecule has 0 fully saturated rings. The van der Waals surface area contributed by atoms with Crippen LogP contribution in [0.25, 0.3) is 11.3 Å². The van der Waals surface area contributed by atoms with Gasteiger partial charge in [-0.25, -0.2) is 4.98 Å². The number of benzene rings is 2. The molecule has 26 heavy (non-hydrogen) atoms. The summed E-state index contributed by atoms with van der Waals surface area (Å²) in [6.45, 7) is 2.86. The molecule has 6 heteroatoms. The molecule has 1 amide bonds. The molecule has 134 valence electrons. The van der Waals surface area contributed by atoms with Gasteiger partial charge < -0.3 is 4.74 Å². The van der Waals surface area contributed by atoms with Gasteiger partial charge in [0.15, 0.2) is 5.13 Å². The highest BCUT2D eigenvalue weighted by Crippen LogP contribution is 2.27. The Morgan fingerprint density at radius 1 is 1.19 bits per heavy atom. The van der Waals surface area contributed by atoms with Gasteiger partial charge in [0.1, 0.15) is 5.75 Å². The normalized spacial score (nSPS) is 10.5. The van der Waals surface area contributed by atoms with Gasteiger partial charge in [-0.05, 0) is 42.8 Å². The van der Waals surface area contributed by atoms with E-state index in [0.29, 0.717) is 15.7 Å². The molecule has 0 aliphatic carbocycles. The second-order valence-electron chi connectivity index (χ2n) is 5.70. The molecular weight excluding hydrogens is 368 g/mol. The van der Waals surface area contributed by atoms with Gasteiger partial charge in [-0.15, -0.1) is 11.3 Å². The van der Waals surface area contributed by atoms with Gasteiger partial charge >= 0.3 is 0 Å². The van der Waals surface area contributed by atoms with Crippen LogP contribution in [0.1, 0.15) is 30.1 Å². The van der Waals surface area contributed by atoms with E-state index in [0.717, 1.165) is 36.5 Å². The number of nitrogens with zero attached hydrogens (tertiary/aromatic N) is 1. The van der Waals surface area contributed by atoms with Crippen molar-refractivity contribution >= 4 is 34.0 Å². The van der Waals surface area contributed by atoms with Crippen LogP contribution in [-0.2, 0) is 0 Å². The summed E-state index contributed by atoms with van der Waals surface area (Å²) in [4.78, 5) is 16.8. The van der Waals surface area contributed by atoms with Crippen LogP contribution in [0.15, 0.2) is 53.9 Å². The lowest BCUT2D eigenvalue weighted by molar-refractivity contribution is 0.102. The minimum absolute atomic E-state index is 0.267. The monoisotopic (exact) mass is 386 g/mol. The third-order valence-electron chi connectivity index (χ3n) is 3.76. The molecule has 3 rings (SSSR count). The number of nitrogens with one attached hydrogen (secondary N) is 1. The second-order valence-corrected chi connectivity index (χ2v) is 6.96. The summed E-state index contributed by atoms with van der Waals surface area (Å²) in [7, 11) is 0. The van der Waals surface area contributed by atoms with Gasteiger partial charge in [-0.1, -0.05) is 37.1 Å². The van der Waals surface area contributed by atoms with Crippen LogP contribution in [0.4, 0.5) is 5.13 Å². The summed E-state index contributed by atoms with van der Waals surface area (Å²) in [6.07, 6.45) is 2.15. The number of rotatable bonds is 7. The number of thiazole rings is 1. The molecule has 3 aromatic rings. The van der Waals surface area contributed by atoms with Crippen molar-refractivity contribution < 1.29 is 9.53 Å². The first-order valence-electron chi connectivity index (χ1n) is 8.42. The van der Waals surface area contributed by atoms with E-state index in [-0.39, 0.29) is 5.91 Å². The fraction of sp³-hybridized carbons (Fsp3) is 0.200. The smallest absolute Gasteiger partial charge is 0.258 e. The van der Waals surface area contributed by atoms with Gasteiger partial charge in [0.2, 0.25) is 0 Å². The van der Waals surface area contributed by atoms with Crippen LogP contribution in [0.5, 0.6) is 5.75 Å². The van der Waals surface area contributed by atoms with Gasteiger partial charge in [-0.3, -0.25) is 10.1 Å². The van der Waals surface area contributed by atoms with Crippen molar-refractivity contribution in [2.45, 2.75) is 19.8 Å². The van der Waals surface area contributed by atoms with Crippen LogP contribution in [0.2, 0.25) is 5.02 Å². The number of amides is 1. The van der Waals surface area contributed by atoms with Crippen molar-refractivity contribution in [1.29, 1.82) is 0 Å². The van der Waals surface area contributed by atoms with Crippen molar-refractivity contribution in [3.63, 3.8) is 0 Å². The van der Waals surface area contributed by atoms with Crippen molar-refractivity contribution in [1.82, 2.24) is 4.98 Å². The topological polar surface area (TPSA) is 51.2 Å². The summed E-state index contributed by atoms with van der Waals surface area (Å²) >= 11 is 7.43. The number of anilines is 1. The molecule has 0 saturated heterocycles. The van der Waals surface area contributed by atoms with Gasteiger partial charge in [0.05, 0.1) is 22.9 Å².